The Morgan fingerprint density at radius 3 is 2.30 bits per heavy atom. The molecule has 2 rings (SSSR count). The Balaban J connectivity index is 2.18. The van der Waals surface area contributed by atoms with Gasteiger partial charge in [-0.1, -0.05) is 6.07 Å². The molecule has 0 saturated carbocycles. The number of likely N-dealkylation sites (N-methyl/N-ethyl adjacent to an activating group) is 2. The minimum Gasteiger partial charge on any atom is -0.357 e. The summed E-state index contributed by atoms with van der Waals surface area (Å²) >= 11 is 0. The van der Waals surface area contributed by atoms with E-state index >= 15 is 0 Å². The average Bonchev–Trinajstić information content (AvgIpc) is 2.73. The van der Waals surface area contributed by atoms with Gasteiger partial charge in [-0.2, -0.15) is 9.57 Å². The lowest BCUT2D eigenvalue weighted by molar-refractivity contribution is -0.128. The van der Waals surface area contributed by atoms with E-state index in [0.29, 0.717) is 0 Å². The highest BCUT2D eigenvalue weighted by atomic mass is 32.2. The Hall–Kier alpha value is -3.36. The number of benzene rings is 2. The number of sulfonamides is 1. The molecule has 2 N–H and O–H groups in total. The fourth-order valence-electron chi connectivity index (χ4n) is 2.51. The third-order valence-electron chi connectivity index (χ3n) is 4.15. The van der Waals surface area contributed by atoms with Crippen molar-refractivity contribution in [1.82, 2.24) is 14.9 Å². The Kier molecular flexibility index (Phi) is 7.20. The van der Waals surface area contributed by atoms with Crippen LogP contribution in [-0.2, 0) is 19.6 Å². The van der Waals surface area contributed by atoms with E-state index in [0.717, 1.165) is 22.5 Å². The molecule has 0 aliphatic carbocycles. The van der Waals surface area contributed by atoms with Crippen LogP contribution in [0.2, 0.25) is 0 Å². The zero-order chi connectivity index (χ0) is 22.5. The molecular weight excluding hydrogens is 418 g/mol. The molecule has 0 radical (unpaired) electrons. The maximum atomic E-state index is 13.5. The SMILES string of the molecule is CNC(=O)C(NC(=O)CN(C)S(=O)(=O)c1ccc(C#N)cc1)c1ccc(F)c(F)c1. The van der Waals surface area contributed by atoms with Crippen molar-refractivity contribution >= 4 is 21.8 Å². The van der Waals surface area contributed by atoms with E-state index in [2.05, 4.69) is 10.6 Å². The number of hydrogen-bond donors (Lipinski definition) is 2. The number of nitriles is 1. The van der Waals surface area contributed by atoms with Crippen LogP contribution in [0.3, 0.4) is 0 Å². The average molecular weight is 436 g/mol. The van der Waals surface area contributed by atoms with Crippen LogP contribution >= 0.6 is 0 Å². The molecule has 0 spiro atoms. The first kappa shape index (κ1) is 22.9. The van der Waals surface area contributed by atoms with Crippen LogP contribution in [0.5, 0.6) is 0 Å². The van der Waals surface area contributed by atoms with Gasteiger partial charge in [0.2, 0.25) is 21.8 Å². The minimum atomic E-state index is -4.04. The third-order valence-corrected chi connectivity index (χ3v) is 5.97. The van der Waals surface area contributed by atoms with Crippen LogP contribution in [-0.4, -0.2) is 45.2 Å². The summed E-state index contributed by atoms with van der Waals surface area (Å²) in [6.45, 7) is -0.639. The predicted octanol–water partition coefficient (Wildman–Crippen LogP) is 1.06. The fraction of sp³-hybridized carbons (Fsp3) is 0.211. The summed E-state index contributed by atoms with van der Waals surface area (Å²) in [6, 6.07) is 8.34. The molecule has 0 saturated heterocycles. The van der Waals surface area contributed by atoms with Crippen LogP contribution in [0.25, 0.3) is 0 Å². The van der Waals surface area contributed by atoms with E-state index < -0.39 is 46.1 Å². The standard InChI is InChI=1S/C19H18F2N4O4S/c1-23-19(27)18(13-5-8-15(20)16(21)9-13)24-17(26)11-25(2)30(28,29)14-6-3-12(10-22)4-7-14/h3-9,18H,11H2,1-2H3,(H,23,27)(H,24,26). The summed E-state index contributed by atoms with van der Waals surface area (Å²) in [5.41, 5.74) is 0.258. The van der Waals surface area contributed by atoms with E-state index in [4.69, 9.17) is 5.26 Å². The quantitative estimate of drug-likeness (QED) is 0.673. The van der Waals surface area contributed by atoms with E-state index in [1.165, 1.54) is 38.4 Å². The first-order valence-electron chi connectivity index (χ1n) is 8.52. The molecule has 0 heterocycles. The topological polar surface area (TPSA) is 119 Å². The van der Waals surface area contributed by atoms with Crippen molar-refractivity contribution in [3.8, 4) is 6.07 Å². The van der Waals surface area contributed by atoms with Gasteiger partial charge in [0.05, 0.1) is 23.1 Å². The molecule has 1 unspecified atom stereocenters. The predicted molar refractivity (Wildman–Crippen MR) is 102 cm³/mol. The Morgan fingerprint density at radius 1 is 1.13 bits per heavy atom. The Bertz CT molecular complexity index is 1100. The van der Waals surface area contributed by atoms with Crippen LogP contribution in [0.15, 0.2) is 47.4 Å². The van der Waals surface area contributed by atoms with Gasteiger partial charge in [0.1, 0.15) is 6.04 Å². The number of halogens is 2. The van der Waals surface area contributed by atoms with Gasteiger partial charge < -0.3 is 10.6 Å². The molecule has 2 amide bonds. The largest absolute Gasteiger partial charge is 0.357 e. The van der Waals surface area contributed by atoms with Crippen molar-refractivity contribution in [2.45, 2.75) is 10.9 Å². The maximum absolute atomic E-state index is 13.5. The number of rotatable bonds is 7. The molecular formula is C19H18F2N4O4S. The summed E-state index contributed by atoms with van der Waals surface area (Å²) in [5, 5.41) is 13.4. The highest BCUT2D eigenvalue weighted by Crippen LogP contribution is 2.18. The zero-order valence-electron chi connectivity index (χ0n) is 16.0. The van der Waals surface area contributed by atoms with Gasteiger partial charge in [0.25, 0.3) is 0 Å². The number of hydrogen-bond acceptors (Lipinski definition) is 5. The van der Waals surface area contributed by atoms with Crippen molar-refractivity contribution in [3.63, 3.8) is 0 Å². The third kappa shape index (κ3) is 5.16. The molecule has 2 aromatic rings. The van der Waals surface area contributed by atoms with Gasteiger partial charge in [0.15, 0.2) is 11.6 Å². The lowest BCUT2D eigenvalue weighted by atomic mass is 10.1. The molecule has 0 fully saturated rings. The molecule has 158 valence electrons. The monoisotopic (exact) mass is 436 g/mol. The molecule has 0 aliphatic heterocycles. The molecule has 8 nitrogen and oxygen atoms in total. The maximum Gasteiger partial charge on any atom is 0.246 e. The second-order valence-electron chi connectivity index (χ2n) is 6.19. The van der Waals surface area contributed by atoms with Crippen molar-refractivity contribution < 1.29 is 26.8 Å². The van der Waals surface area contributed by atoms with Gasteiger partial charge in [-0.25, -0.2) is 17.2 Å². The number of amides is 2. The second kappa shape index (κ2) is 9.43. The highest BCUT2D eigenvalue weighted by molar-refractivity contribution is 7.89. The smallest absolute Gasteiger partial charge is 0.246 e. The van der Waals surface area contributed by atoms with Crippen molar-refractivity contribution in [2.24, 2.45) is 0 Å². The van der Waals surface area contributed by atoms with Crippen LogP contribution in [0.1, 0.15) is 17.2 Å². The van der Waals surface area contributed by atoms with E-state index in [1.54, 1.807) is 0 Å². The first-order chi connectivity index (χ1) is 14.1. The second-order valence-corrected chi connectivity index (χ2v) is 8.23. The van der Waals surface area contributed by atoms with Crippen LogP contribution in [0, 0.1) is 23.0 Å². The molecule has 0 aliphatic rings. The van der Waals surface area contributed by atoms with E-state index in [9.17, 15) is 26.8 Å². The van der Waals surface area contributed by atoms with Gasteiger partial charge in [-0.05, 0) is 42.0 Å². The Labute approximate surface area is 172 Å². The van der Waals surface area contributed by atoms with E-state index in [-0.39, 0.29) is 16.0 Å². The van der Waals surface area contributed by atoms with Crippen molar-refractivity contribution in [2.75, 3.05) is 20.6 Å². The van der Waals surface area contributed by atoms with Gasteiger partial charge in [-0.3, -0.25) is 9.59 Å². The van der Waals surface area contributed by atoms with Crippen molar-refractivity contribution in [1.29, 1.82) is 5.26 Å². The molecule has 2 aromatic carbocycles. The van der Waals surface area contributed by atoms with Crippen LogP contribution in [0.4, 0.5) is 8.78 Å². The van der Waals surface area contributed by atoms with E-state index in [1.807, 2.05) is 6.07 Å². The summed E-state index contributed by atoms with van der Waals surface area (Å²) in [5.74, 6) is -3.86. The Morgan fingerprint density at radius 2 is 1.77 bits per heavy atom. The molecule has 0 bridgehead atoms. The first-order valence-corrected chi connectivity index (χ1v) is 9.96. The van der Waals surface area contributed by atoms with Crippen LogP contribution < -0.4 is 10.6 Å². The summed E-state index contributed by atoms with van der Waals surface area (Å²) in [7, 11) is -1.58. The number of carbonyl (C=O) groups is 2. The fourth-order valence-corrected chi connectivity index (χ4v) is 3.64. The lowest BCUT2D eigenvalue weighted by Crippen LogP contribution is -2.44. The number of nitrogens with one attached hydrogen (secondary N) is 2. The van der Waals surface area contributed by atoms with Gasteiger partial charge in [-0.15, -0.1) is 0 Å². The van der Waals surface area contributed by atoms with Gasteiger partial charge in [0, 0.05) is 14.1 Å². The lowest BCUT2D eigenvalue weighted by Gasteiger charge is -2.21. The molecule has 30 heavy (non-hydrogen) atoms. The summed E-state index contributed by atoms with van der Waals surface area (Å²) in [6.07, 6.45) is 0. The molecule has 0 aromatic heterocycles. The minimum absolute atomic E-state index is 0.0146. The zero-order valence-corrected chi connectivity index (χ0v) is 16.8. The molecule has 11 heteroatoms. The highest BCUT2D eigenvalue weighted by Gasteiger charge is 2.27. The van der Waals surface area contributed by atoms with Crippen molar-refractivity contribution in [3.05, 3.63) is 65.2 Å². The molecule has 1 atom stereocenters. The summed E-state index contributed by atoms with van der Waals surface area (Å²) in [4.78, 5) is 24.4. The number of nitrogens with zero attached hydrogens (tertiary/aromatic N) is 2. The summed E-state index contributed by atoms with van der Waals surface area (Å²) < 4.78 is 52.6. The normalized spacial score (nSPS) is 12.1. The number of carbonyl (C=O) groups excluding carboxylic acids is 2. The van der Waals surface area contributed by atoms with Gasteiger partial charge >= 0.3 is 0 Å².